The molecular formula is C42H93N2OSi3+. The van der Waals surface area contributed by atoms with Gasteiger partial charge in [0.15, 0.2) is 8.32 Å². The van der Waals surface area contributed by atoms with Gasteiger partial charge in [-0.1, -0.05) is 135 Å². The summed E-state index contributed by atoms with van der Waals surface area (Å²) in [6.07, 6.45) is 6.55. The van der Waals surface area contributed by atoms with Crippen molar-refractivity contribution >= 4 is 25.2 Å². The highest BCUT2D eigenvalue weighted by Gasteiger charge is 2.57. The highest BCUT2D eigenvalue weighted by atomic mass is 28.4. The summed E-state index contributed by atoms with van der Waals surface area (Å²) in [4.78, 5) is 2.79. The Morgan fingerprint density at radius 2 is 1.19 bits per heavy atom. The van der Waals surface area contributed by atoms with Crippen molar-refractivity contribution in [3.05, 3.63) is 0 Å². The van der Waals surface area contributed by atoms with Crippen LogP contribution in [0.1, 0.15) is 136 Å². The molecule has 1 saturated heterocycles. The van der Waals surface area contributed by atoms with Crippen molar-refractivity contribution < 1.29 is 8.91 Å². The molecule has 0 spiro atoms. The zero-order valence-electron chi connectivity index (χ0n) is 37.6. The van der Waals surface area contributed by atoms with Crippen molar-refractivity contribution in [3.63, 3.8) is 0 Å². The Morgan fingerprint density at radius 3 is 1.65 bits per heavy atom. The van der Waals surface area contributed by atoms with Gasteiger partial charge < -0.3 is 8.91 Å². The molecule has 1 fully saturated rings. The van der Waals surface area contributed by atoms with Gasteiger partial charge in [-0.25, -0.2) is 0 Å². The van der Waals surface area contributed by atoms with E-state index in [1.165, 1.54) is 87.9 Å². The molecular weight excluding hydrogens is 633 g/mol. The monoisotopic (exact) mass is 726 g/mol. The summed E-state index contributed by atoms with van der Waals surface area (Å²) in [6.45, 7) is 61.0. The van der Waals surface area contributed by atoms with E-state index in [1.807, 2.05) is 0 Å². The van der Waals surface area contributed by atoms with E-state index in [1.54, 1.807) is 0 Å². The molecule has 0 radical (unpaired) electrons. The topological polar surface area (TPSA) is 12.5 Å². The number of hydrogen-bond acceptors (Lipinski definition) is 2. The van der Waals surface area contributed by atoms with Crippen molar-refractivity contribution in [2.24, 2.45) is 21.7 Å². The zero-order valence-corrected chi connectivity index (χ0v) is 40.7. The second-order valence-electron chi connectivity index (χ2n) is 22.5. The van der Waals surface area contributed by atoms with Gasteiger partial charge >= 0.3 is 0 Å². The maximum Gasteiger partial charge on any atom is 0.187 e. The molecule has 3 nitrogen and oxygen atoms in total. The predicted molar refractivity (Wildman–Crippen MR) is 228 cm³/mol. The summed E-state index contributed by atoms with van der Waals surface area (Å²) in [6, 6.07) is 2.68. The summed E-state index contributed by atoms with van der Waals surface area (Å²) in [7, 11) is -1.53. The smallest absolute Gasteiger partial charge is 0.187 e. The highest BCUT2D eigenvalue weighted by molar-refractivity contribution is 6.80. The third-order valence-corrected chi connectivity index (χ3v) is 29.3. The molecule has 0 aromatic heterocycles. The lowest BCUT2D eigenvalue weighted by Crippen LogP contribution is -2.60. The summed E-state index contributed by atoms with van der Waals surface area (Å²) in [5.41, 5.74) is 0.849. The predicted octanol–water partition coefficient (Wildman–Crippen LogP) is 12.6. The highest BCUT2D eigenvalue weighted by Crippen LogP contribution is 2.64. The van der Waals surface area contributed by atoms with Crippen molar-refractivity contribution in [1.82, 2.24) is 4.90 Å². The Bertz CT molecular complexity index is 998. The van der Waals surface area contributed by atoms with Crippen molar-refractivity contribution in [2.75, 3.05) is 46.3 Å². The van der Waals surface area contributed by atoms with Crippen LogP contribution < -0.4 is 0 Å². The maximum atomic E-state index is 7.15. The van der Waals surface area contributed by atoms with Crippen molar-refractivity contribution in [3.8, 4) is 0 Å². The first-order valence-corrected chi connectivity index (χ1v) is 29.7. The molecule has 0 saturated carbocycles. The molecule has 0 bridgehead atoms. The summed E-state index contributed by atoms with van der Waals surface area (Å²) in [5, 5.41) is 0.685. The van der Waals surface area contributed by atoms with Crippen LogP contribution in [-0.2, 0) is 4.43 Å². The Hall–Kier alpha value is 0.531. The van der Waals surface area contributed by atoms with Crippen LogP contribution in [0.4, 0.5) is 0 Å². The number of nitrogens with zero attached hydrogens (tertiary/aromatic N) is 2. The lowest BCUT2D eigenvalue weighted by atomic mass is 9.50. The second-order valence-corrected chi connectivity index (χ2v) is 36.0. The molecule has 1 rings (SSSR count). The minimum absolute atomic E-state index is 0.0994. The fraction of sp³-hybridized carbons (Fsp3) is 1.00. The largest absolute Gasteiger partial charge is 0.412 e. The van der Waals surface area contributed by atoms with E-state index in [0.717, 1.165) is 0 Å². The average molecular weight is 726 g/mol. The molecule has 48 heavy (non-hydrogen) atoms. The first-order valence-electron chi connectivity index (χ1n) is 20.5. The standard InChI is InChI=1S/C42H93N2OSi3/c1-23-24-35-48(21,22)45-40(10,11)39(8,9)42(14,15)47(19,20)34-26-31-44(16)32-29-43(30-33-44)28-25-27-36(2,3)37(4,5)38(6,7)41(12,13)46(17)18/h46H,23-35H2,1-22H3/q+1. The molecule has 0 unspecified atom stereocenters. The van der Waals surface area contributed by atoms with Crippen LogP contribution >= 0.6 is 0 Å². The Kier molecular flexibility index (Phi) is 15.4. The molecule has 0 aliphatic carbocycles. The fourth-order valence-corrected chi connectivity index (χ4v) is 17.6. The summed E-state index contributed by atoms with van der Waals surface area (Å²) in [5.74, 6) is 0. The third kappa shape index (κ3) is 9.94. The van der Waals surface area contributed by atoms with Crippen LogP contribution in [0.3, 0.4) is 0 Å². The Labute approximate surface area is 308 Å². The molecule has 1 aliphatic rings. The minimum Gasteiger partial charge on any atom is -0.412 e. The average Bonchev–Trinajstić information content (AvgIpc) is 2.91. The van der Waals surface area contributed by atoms with Crippen LogP contribution in [0.25, 0.3) is 0 Å². The first kappa shape index (κ1) is 46.6. The van der Waals surface area contributed by atoms with Gasteiger partial charge in [-0.2, -0.15) is 0 Å². The molecule has 6 heteroatoms. The first-order chi connectivity index (χ1) is 21.2. The lowest BCUT2D eigenvalue weighted by Gasteiger charge is -2.60. The Morgan fingerprint density at radius 1 is 0.688 bits per heavy atom. The third-order valence-electron chi connectivity index (χ3n) is 17.4. The zero-order chi connectivity index (χ0) is 38.1. The van der Waals surface area contributed by atoms with Crippen molar-refractivity contribution in [1.29, 1.82) is 0 Å². The van der Waals surface area contributed by atoms with Gasteiger partial charge in [-0.15, -0.1) is 0 Å². The van der Waals surface area contributed by atoms with Crippen LogP contribution in [0.5, 0.6) is 0 Å². The van der Waals surface area contributed by atoms with Gasteiger partial charge in [-0.3, -0.25) is 4.90 Å². The normalized spacial score (nSPS) is 18.6. The molecule has 0 amide bonds. The second kappa shape index (κ2) is 15.9. The SMILES string of the molecule is CCCC[Si](C)(C)OC(C)(C)C(C)(C)C(C)(C)[Si](C)(C)CCC[N+]1(C)CCN(CCCC(C)(C)C(C)(C)C(C)(C)C(C)(C)[SiH](C)C)CC1. The van der Waals surface area contributed by atoms with Gasteiger partial charge in [0.1, 0.15) is 0 Å². The van der Waals surface area contributed by atoms with Gasteiger partial charge in [0.05, 0.1) is 40.4 Å². The van der Waals surface area contributed by atoms with E-state index in [4.69, 9.17) is 4.43 Å². The number of likely N-dealkylation sites (N-methyl/N-ethyl adjacent to an activating group) is 1. The van der Waals surface area contributed by atoms with E-state index in [-0.39, 0.29) is 21.5 Å². The summed E-state index contributed by atoms with van der Waals surface area (Å²) >= 11 is 0. The molecule has 0 N–H and O–H groups in total. The molecule has 288 valence electrons. The van der Waals surface area contributed by atoms with Gasteiger partial charge in [0.2, 0.25) is 0 Å². The van der Waals surface area contributed by atoms with Crippen LogP contribution in [0.15, 0.2) is 0 Å². The number of quaternary nitrogens is 1. The number of piperazine rings is 1. The van der Waals surface area contributed by atoms with Gasteiger partial charge in [0, 0.05) is 21.9 Å². The molecule has 0 atom stereocenters. The quantitative estimate of drug-likeness (QED) is 0.0915. The van der Waals surface area contributed by atoms with Gasteiger partial charge in [-0.05, 0) is 90.5 Å². The van der Waals surface area contributed by atoms with E-state index >= 15 is 0 Å². The number of hydrogen-bond donors (Lipinski definition) is 0. The van der Waals surface area contributed by atoms with Crippen molar-refractivity contribution in [2.45, 2.75) is 203 Å². The lowest BCUT2D eigenvalue weighted by molar-refractivity contribution is -0.913. The van der Waals surface area contributed by atoms with Crippen LogP contribution in [-0.4, -0.2) is 86.5 Å². The molecule has 0 aromatic carbocycles. The Balaban J connectivity index is 2.77. The van der Waals surface area contributed by atoms with E-state index in [9.17, 15) is 0 Å². The van der Waals surface area contributed by atoms with E-state index in [0.29, 0.717) is 15.9 Å². The van der Waals surface area contributed by atoms with E-state index in [2.05, 4.69) is 155 Å². The maximum absolute atomic E-state index is 7.15. The molecule has 1 heterocycles. The fourth-order valence-electron chi connectivity index (χ4n) is 9.15. The number of rotatable bonds is 20. The minimum atomic E-state index is -1.71. The molecule has 1 aliphatic heterocycles. The van der Waals surface area contributed by atoms with E-state index < -0.39 is 25.2 Å². The number of unbranched alkanes of at least 4 members (excludes halogenated alkanes) is 1. The van der Waals surface area contributed by atoms with Crippen LogP contribution in [0.2, 0.25) is 61.4 Å². The van der Waals surface area contributed by atoms with Crippen LogP contribution in [0, 0.1) is 21.7 Å². The van der Waals surface area contributed by atoms with Gasteiger partial charge in [0.25, 0.3) is 0 Å². The molecule has 0 aromatic rings. The summed E-state index contributed by atoms with van der Waals surface area (Å²) < 4.78 is 8.42.